The quantitative estimate of drug-likeness (QED) is 0.344. The van der Waals surface area contributed by atoms with E-state index in [9.17, 15) is 0 Å². The fourth-order valence-corrected chi connectivity index (χ4v) is 5.11. The Balaban J connectivity index is 1.36. The Hall–Kier alpha value is -3.93. The number of fused-ring (bicyclic) bond motifs is 1. The summed E-state index contributed by atoms with van der Waals surface area (Å²) in [7, 11) is 3.57. The predicted octanol–water partition coefficient (Wildman–Crippen LogP) is 3.48. The fourth-order valence-electron chi connectivity index (χ4n) is 5.11. The van der Waals surface area contributed by atoms with Gasteiger partial charge < -0.3 is 29.6 Å². The molecule has 1 aliphatic heterocycles. The van der Waals surface area contributed by atoms with E-state index in [1.807, 2.05) is 23.7 Å². The first-order valence-corrected chi connectivity index (χ1v) is 12.8. The van der Waals surface area contributed by atoms with Crippen molar-refractivity contribution in [3.05, 3.63) is 24.5 Å². The maximum atomic E-state index is 5.72. The van der Waals surface area contributed by atoms with Crippen molar-refractivity contribution < 1.29 is 9.47 Å². The highest BCUT2D eigenvalue weighted by atomic mass is 16.5. The van der Waals surface area contributed by atoms with Crippen molar-refractivity contribution in [2.75, 3.05) is 48.9 Å². The van der Waals surface area contributed by atoms with Gasteiger partial charge in [-0.3, -0.25) is 5.10 Å². The van der Waals surface area contributed by atoms with Gasteiger partial charge in [0.2, 0.25) is 5.95 Å². The average Bonchev–Trinajstić information content (AvgIpc) is 3.56. The van der Waals surface area contributed by atoms with Crippen molar-refractivity contribution in [3.63, 3.8) is 0 Å². The van der Waals surface area contributed by atoms with Gasteiger partial charge in [0, 0.05) is 37.9 Å². The van der Waals surface area contributed by atoms with Gasteiger partial charge in [0.15, 0.2) is 11.5 Å². The standard InChI is InChI=1S/C25H32N10O2/c1-34-15-26-33-24(34)21-20-22(27-16-6-4-3-5-7-16)29-25(30-23(20)32-31-21)28-18-9-8-17(14-19(18)36-2)35-10-12-37-13-11-35/h8-9,14-16H,3-7,10-13H2,1-2H3,(H3,27,28,29,30,31,32). The molecule has 1 saturated carbocycles. The molecule has 3 N–H and O–H groups in total. The second-order valence-corrected chi connectivity index (χ2v) is 9.55. The summed E-state index contributed by atoms with van der Waals surface area (Å²) in [5.74, 6) is 2.56. The van der Waals surface area contributed by atoms with Crippen LogP contribution in [0.3, 0.4) is 0 Å². The highest BCUT2D eigenvalue weighted by molar-refractivity contribution is 5.98. The number of nitrogens with zero attached hydrogens (tertiary/aromatic N) is 7. The summed E-state index contributed by atoms with van der Waals surface area (Å²) in [5.41, 5.74) is 3.18. The van der Waals surface area contributed by atoms with E-state index in [-0.39, 0.29) is 0 Å². The van der Waals surface area contributed by atoms with Crippen molar-refractivity contribution >= 4 is 34.2 Å². The molecule has 194 valence electrons. The Morgan fingerprint density at radius 3 is 2.70 bits per heavy atom. The van der Waals surface area contributed by atoms with Crippen LogP contribution in [0.4, 0.5) is 23.1 Å². The van der Waals surface area contributed by atoms with Crippen molar-refractivity contribution in [2.45, 2.75) is 38.1 Å². The number of H-pyrrole nitrogens is 1. The molecule has 1 aliphatic carbocycles. The molecule has 0 bridgehead atoms. The molecule has 2 aliphatic rings. The van der Waals surface area contributed by atoms with Gasteiger partial charge in [-0.25, -0.2) is 0 Å². The molecule has 0 spiro atoms. The molecule has 12 nitrogen and oxygen atoms in total. The number of aromatic amines is 1. The van der Waals surface area contributed by atoms with Gasteiger partial charge in [-0.05, 0) is 25.0 Å². The molecule has 2 fully saturated rings. The number of ether oxygens (including phenoxy) is 2. The number of benzene rings is 1. The average molecular weight is 505 g/mol. The zero-order valence-corrected chi connectivity index (χ0v) is 21.2. The van der Waals surface area contributed by atoms with Gasteiger partial charge in [0.1, 0.15) is 23.6 Å². The maximum absolute atomic E-state index is 5.72. The van der Waals surface area contributed by atoms with E-state index >= 15 is 0 Å². The van der Waals surface area contributed by atoms with Gasteiger partial charge in [0.25, 0.3) is 0 Å². The Bertz CT molecular complexity index is 1370. The lowest BCUT2D eigenvalue weighted by molar-refractivity contribution is 0.122. The number of nitrogens with one attached hydrogen (secondary N) is 3. The molecular formula is C25H32N10O2. The Kier molecular flexibility index (Phi) is 6.47. The Morgan fingerprint density at radius 1 is 1.11 bits per heavy atom. The monoisotopic (exact) mass is 504 g/mol. The van der Waals surface area contributed by atoms with Crippen molar-refractivity contribution in [3.8, 4) is 17.3 Å². The van der Waals surface area contributed by atoms with Gasteiger partial charge in [0.05, 0.1) is 31.4 Å². The first-order chi connectivity index (χ1) is 18.2. The number of anilines is 4. The minimum Gasteiger partial charge on any atom is -0.494 e. The van der Waals surface area contributed by atoms with E-state index in [4.69, 9.17) is 19.4 Å². The first-order valence-electron chi connectivity index (χ1n) is 12.8. The molecule has 3 aromatic heterocycles. The molecule has 37 heavy (non-hydrogen) atoms. The zero-order chi connectivity index (χ0) is 25.2. The lowest BCUT2D eigenvalue weighted by Crippen LogP contribution is -2.36. The second kappa shape index (κ2) is 10.2. The smallest absolute Gasteiger partial charge is 0.231 e. The Morgan fingerprint density at radius 2 is 1.95 bits per heavy atom. The number of aryl methyl sites for hydroxylation is 1. The zero-order valence-electron chi connectivity index (χ0n) is 21.2. The van der Waals surface area contributed by atoms with Gasteiger partial charge in [-0.15, -0.1) is 10.2 Å². The highest BCUT2D eigenvalue weighted by Crippen LogP contribution is 2.35. The molecule has 0 unspecified atom stereocenters. The summed E-state index contributed by atoms with van der Waals surface area (Å²) in [6, 6.07) is 6.47. The van der Waals surface area contributed by atoms with Crippen LogP contribution in [0.25, 0.3) is 22.6 Å². The summed E-state index contributed by atoms with van der Waals surface area (Å²) in [6.45, 7) is 3.18. The van der Waals surface area contributed by atoms with Crippen molar-refractivity contribution in [1.29, 1.82) is 0 Å². The van der Waals surface area contributed by atoms with Gasteiger partial charge >= 0.3 is 0 Å². The van der Waals surface area contributed by atoms with Crippen LogP contribution in [-0.4, -0.2) is 74.4 Å². The lowest BCUT2D eigenvalue weighted by Gasteiger charge is -2.29. The summed E-state index contributed by atoms with van der Waals surface area (Å²) < 4.78 is 13.1. The number of rotatable bonds is 7. The number of aromatic nitrogens is 7. The minimum absolute atomic E-state index is 0.351. The third kappa shape index (κ3) is 4.76. The minimum atomic E-state index is 0.351. The fraction of sp³-hybridized carbons (Fsp3) is 0.480. The SMILES string of the molecule is COc1cc(N2CCOCC2)ccc1Nc1nc(NC2CCCCC2)c2c(-c3nncn3C)n[nH]c2n1. The van der Waals surface area contributed by atoms with Crippen LogP contribution in [-0.2, 0) is 11.8 Å². The second-order valence-electron chi connectivity index (χ2n) is 9.55. The molecule has 4 heterocycles. The third-order valence-electron chi connectivity index (χ3n) is 7.10. The summed E-state index contributed by atoms with van der Waals surface area (Å²) in [5, 5.41) is 23.8. The summed E-state index contributed by atoms with van der Waals surface area (Å²) >= 11 is 0. The molecule has 1 aromatic carbocycles. The normalized spacial score (nSPS) is 16.8. The van der Waals surface area contributed by atoms with Crippen molar-refractivity contribution in [2.24, 2.45) is 7.05 Å². The molecule has 12 heteroatoms. The number of methoxy groups -OCH3 is 1. The van der Waals surface area contributed by atoms with Crippen LogP contribution in [0.2, 0.25) is 0 Å². The molecule has 6 rings (SSSR count). The van der Waals surface area contributed by atoms with E-state index in [0.717, 1.165) is 67.5 Å². The van der Waals surface area contributed by atoms with Crippen LogP contribution in [0.15, 0.2) is 24.5 Å². The van der Waals surface area contributed by atoms with E-state index in [2.05, 4.69) is 42.0 Å². The molecule has 1 saturated heterocycles. The molecule has 0 amide bonds. The third-order valence-corrected chi connectivity index (χ3v) is 7.10. The summed E-state index contributed by atoms with van der Waals surface area (Å²) in [6.07, 6.45) is 7.59. The largest absolute Gasteiger partial charge is 0.494 e. The first kappa shape index (κ1) is 23.5. The topological polar surface area (TPSA) is 131 Å². The summed E-state index contributed by atoms with van der Waals surface area (Å²) in [4.78, 5) is 12.0. The predicted molar refractivity (Wildman–Crippen MR) is 141 cm³/mol. The van der Waals surface area contributed by atoms with Crippen LogP contribution >= 0.6 is 0 Å². The molecular weight excluding hydrogens is 472 g/mol. The van der Waals surface area contributed by atoms with E-state index < -0.39 is 0 Å². The molecule has 4 aromatic rings. The number of morpholine rings is 1. The Labute approximate surface area is 214 Å². The van der Waals surface area contributed by atoms with Crippen molar-refractivity contribution in [1.82, 2.24) is 34.9 Å². The maximum Gasteiger partial charge on any atom is 0.231 e. The van der Waals surface area contributed by atoms with Crippen LogP contribution in [0, 0.1) is 0 Å². The number of hydrogen-bond acceptors (Lipinski definition) is 10. The number of hydrogen-bond donors (Lipinski definition) is 3. The van der Waals surface area contributed by atoms with Crippen LogP contribution in [0.1, 0.15) is 32.1 Å². The van der Waals surface area contributed by atoms with E-state index in [0.29, 0.717) is 29.2 Å². The highest BCUT2D eigenvalue weighted by Gasteiger charge is 2.23. The molecule has 0 atom stereocenters. The van der Waals surface area contributed by atoms with E-state index in [1.165, 1.54) is 19.3 Å². The van der Waals surface area contributed by atoms with Gasteiger partial charge in [-0.2, -0.15) is 15.1 Å². The lowest BCUT2D eigenvalue weighted by atomic mass is 9.95. The van der Waals surface area contributed by atoms with Gasteiger partial charge in [-0.1, -0.05) is 19.3 Å². The van der Waals surface area contributed by atoms with E-state index in [1.54, 1.807) is 13.4 Å². The van der Waals surface area contributed by atoms with Crippen LogP contribution < -0.4 is 20.3 Å². The molecule has 0 radical (unpaired) electrons. The van der Waals surface area contributed by atoms with Crippen LogP contribution in [0.5, 0.6) is 5.75 Å².